The van der Waals surface area contributed by atoms with Crippen LogP contribution in [0.2, 0.25) is 0 Å². The zero-order valence-electron chi connectivity index (χ0n) is 15.3. The van der Waals surface area contributed by atoms with Crippen LogP contribution in [0.25, 0.3) is 0 Å². The van der Waals surface area contributed by atoms with Gasteiger partial charge in [-0.25, -0.2) is 0 Å². The number of carbonyl (C=O) groups excluding carboxylic acids is 1. The zero-order valence-corrected chi connectivity index (χ0v) is 15.3. The van der Waals surface area contributed by atoms with Gasteiger partial charge < -0.3 is 15.0 Å². The lowest BCUT2D eigenvalue weighted by atomic mass is 10.1. The van der Waals surface area contributed by atoms with Crippen LogP contribution in [0.4, 0.5) is 0 Å². The molecular weight excluding hydrogens is 248 g/mol. The molecule has 1 fully saturated rings. The fourth-order valence-corrected chi connectivity index (χ4v) is 2.12. The van der Waals surface area contributed by atoms with Crippen LogP contribution in [0.15, 0.2) is 0 Å². The standard InChI is InChI=1S/C11H24N2.C2H4O.2C2H6/c1-4-8-13(3)9-7-11-6-5-10(2)12-11;1-2-3;2*1-2/h10-12H,4-9H2,1-3H3;2H,1H3;2*1-2H3. The van der Waals surface area contributed by atoms with Gasteiger partial charge in [-0.2, -0.15) is 0 Å². The summed E-state index contributed by atoms with van der Waals surface area (Å²) in [5.74, 6) is 0. The Labute approximate surface area is 128 Å². The lowest BCUT2D eigenvalue weighted by molar-refractivity contribution is -0.106. The van der Waals surface area contributed by atoms with Crippen molar-refractivity contribution in [1.82, 2.24) is 10.2 Å². The second-order valence-electron chi connectivity index (χ2n) is 4.67. The Balaban J connectivity index is -0.000000355. The van der Waals surface area contributed by atoms with Gasteiger partial charge >= 0.3 is 0 Å². The maximum absolute atomic E-state index is 8.81. The average Bonchev–Trinajstić information content (AvgIpc) is 2.88. The number of aldehydes is 1. The molecule has 1 saturated heterocycles. The summed E-state index contributed by atoms with van der Waals surface area (Å²) in [6.45, 7) is 16.5. The summed E-state index contributed by atoms with van der Waals surface area (Å²) in [7, 11) is 2.22. The maximum atomic E-state index is 8.81. The van der Waals surface area contributed by atoms with Crippen LogP contribution in [0.3, 0.4) is 0 Å². The van der Waals surface area contributed by atoms with E-state index in [4.69, 9.17) is 4.79 Å². The first-order valence-electron chi connectivity index (χ1n) is 8.48. The lowest BCUT2D eigenvalue weighted by Crippen LogP contribution is -2.31. The smallest absolute Gasteiger partial charge is 0.116 e. The van der Waals surface area contributed by atoms with E-state index in [1.807, 2.05) is 27.7 Å². The first-order chi connectivity index (χ1) is 9.63. The minimum Gasteiger partial charge on any atom is -0.311 e. The van der Waals surface area contributed by atoms with E-state index in [1.54, 1.807) is 0 Å². The minimum atomic E-state index is 0.750. The Kier molecular flexibility index (Phi) is 25.7. The molecule has 1 rings (SSSR count). The van der Waals surface area contributed by atoms with Crippen LogP contribution in [-0.2, 0) is 4.79 Å². The van der Waals surface area contributed by atoms with Crippen molar-refractivity contribution in [2.45, 2.75) is 86.2 Å². The Morgan fingerprint density at radius 3 is 2.00 bits per heavy atom. The van der Waals surface area contributed by atoms with Crippen LogP contribution in [0.5, 0.6) is 0 Å². The summed E-state index contributed by atoms with van der Waals surface area (Å²) >= 11 is 0. The predicted octanol–water partition coefficient (Wildman–Crippen LogP) is 4.12. The van der Waals surface area contributed by atoms with Crippen molar-refractivity contribution < 1.29 is 4.79 Å². The van der Waals surface area contributed by atoms with Gasteiger partial charge in [0, 0.05) is 12.1 Å². The molecule has 2 unspecified atom stereocenters. The van der Waals surface area contributed by atoms with Gasteiger partial charge in [-0.15, -0.1) is 0 Å². The molecule has 2 atom stereocenters. The largest absolute Gasteiger partial charge is 0.311 e. The molecule has 0 aromatic rings. The van der Waals surface area contributed by atoms with E-state index in [1.165, 1.54) is 45.7 Å². The topological polar surface area (TPSA) is 32.3 Å². The van der Waals surface area contributed by atoms with E-state index in [9.17, 15) is 0 Å². The summed E-state index contributed by atoms with van der Waals surface area (Å²) in [5.41, 5.74) is 0. The maximum Gasteiger partial charge on any atom is 0.116 e. The second-order valence-corrected chi connectivity index (χ2v) is 4.67. The van der Waals surface area contributed by atoms with Crippen LogP contribution in [-0.4, -0.2) is 43.4 Å². The van der Waals surface area contributed by atoms with Crippen molar-refractivity contribution >= 4 is 6.29 Å². The third-order valence-corrected chi connectivity index (χ3v) is 2.93. The third-order valence-electron chi connectivity index (χ3n) is 2.93. The van der Waals surface area contributed by atoms with Gasteiger partial charge in [0.05, 0.1) is 0 Å². The summed E-state index contributed by atoms with van der Waals surface area (Å²) in [5, 5.41) is 3.62. The Morgan fingerprint density at radius 2 is 1.65 bits per heavy atom. The monoisotopic (exact) mass is 288 g/mol. The SMILES string of the molecule is CC.CC.CC=O.CCCN(C)CCC1CCC(C)N1. The number of hydrogen-bond donors (Lipinski definition) is 1. The second kappa shape index (κ2) is 20.9. The molecule has 1 heterocycles. The predicted molar refractivity (Wildman–Crippen MR) is 92.5 cm³/mol. The van der Waals surface area contributed by atoms with Crippen molar-refractivity contribution in [3.8, 4) is 0 Å². The molecule has 20 heavy (non-hydrogen) atoms. The molecule has 0 saturated carbocycles. The molecule has 0 amide bonds. The summed E-state index contributed by atoms with van der Waals surface area (Å²) < 4.78 is 0. The summed E-state index contributed by atoms with van der Waals surface area (Å²) in [6.07, 6.45) is 6.08. The van der Waals surface area contributed by atoms with Gasteiger partial charge in [0.25, 0.3) is 0 Å². The van der Waals surface area contributed by atoms with E-state index < -0.39 is 0 Å². The highest BCUT2D eigenvalue weighted by Crippen LogP contribution is 2.14. The van der Waals surface area contributed by atoms with E-state index in [-0.39, 0.29) is 0 Å². The molecular formula is C17H40N2O. The van der Waals surface area contributed by atoms with Crippen LogP contribution < -0.4 is 5.32 Å². The van der Waals surface area contributed by atoms with E-state index in [2.05, 4.69) is 31.1 Å². The van der Waals surface area contributed by atoms with Crippen molar-refractivity contribution in [3.05, 3.63) is 0 Å². The minimum absolute atomic E-state index is 0.750. The van der Waals surface area contributed by atoms with Crippen LogP contribution in [0.1, 0.15) is 74.1 Å². The summed E-state index contributed by atoms with van der Waals surface area (Å²) in [4.78, 5) is 11.2. The normalized spacial score (nSPS) is 19.9. The molecule has 0 aliphatic carbocycles. The van der Waals surface area contributed by atoms with Crippen molar-refractivity contribution in [2.75, 3.05) is 20.1 Å². The van der Waals surface area contributed by atoms with E-state index in [0.717, 1.165) is 18.4 Å². The van der Waals surface area contributed by atoms with Crippen LogP contribution >= 0.6 is 0 Å². The van der Waals surface area contributed by atoms with Gasteiger partial charge in [-0.3, -0.25) is 0 Å². The number of nitrogens with zero attached hydrogens (tertiary/aromatic N) is 1. The number of nitrogens with one attached hydrogen (secondary N) is 1. The molecule has 3 heteroatoms. The van der Waals surface area contributed by atoms with Crippen molar-refractivity contribution in [2.24, 2.45) is 0 Å². The molecule has 3 nitrogen and oxygen atoms in total. The average molecular weight is 289 g/mol. The first-order valence-corrected chi connectivity index (χ1v) is 8.48. The van der Waals surface area contributed by atoms with E-state index >= 15 is 0 Å². The fourth-order valence-electron chi connectivity index (χ4n) is 2.12. The molecule has 1 N–H and O–H groups in total. The lowest BCUT2D eigenvalue weighted by Gasteiger charge is -2.18. The molecule has 1 aliphatic heterocycles. The molecule has 0 aromatic carbocycles. The first kappa shape index (κ1) is 24.6. The Morgan fingerprint density at radius 1 is 1.15 bits per heavy atom. The van der Waals surface area contributed by atoms with Gasteiger partial charge in [0.2, 0.25) is 0 Å². The highest BCUT2D eigenvalue weighted by Gasteiger charge is 2.19. The van der Waals surface area contributed by atoms with Crippen molar-refractivity contribution in [1.29, 1.82) is 0 Å². The molecule has 0 aromatic heterocycles. The van der Waals surface area contributed by atoms with Gasteiger partial charge in [0.15, 0.2) is 0 Å². The molecule has 0 radical (unpaired) electrons. The van der Waals surface area contributed by atoms with Gasteiger partial charge in [-0.1, -0.05) is 34.6 Å². The molecule has 0 bridgehead atoms. The quantitative estimate of drug-likeness (QED) is 0.772. The number of carbonyl (C=O) groups is 1. The number of hydrogen-bond acceptors (Lipinski definition) is 3. The fraction of sp³-hybridized carbons (Fsp3) is 0.941. The third kappa shape index (κ3) is 17.6. The van der Waals surface area contributed by atoms with Crippen LogP contribution in [0, 0.1) is 0 Å². The Hall–Kier alpha value is -0.410. The summed E-state index contributed by atoms with van der Waals surface area (Å²) in [6, 6.07) is 1.54. The van der Waals surface area contributed by atoms with E-state index in [0.29, 0.717) is 0 Å². The molecule has 1 aliphatic rings. The molecule has 124 valence electrons. The van der Waals surface area contributed by atoms with Gasteiger partial charge in [0.1, 0.15) is 6.29 Å². The Bertz CT molecular complexity index is 174. The van der Waals surface area contributed by atoms with Gasteiger partial charge in [-0.05, 0) is 59.7 Å². The highest BCUT2D eigenvalue weighted by atomic mass is 16.1. The highest BCUT2D eigenvalue weighted by molar-refractivity contribution is 5.44. The van der Waals surface area contributed by atoms with Crippen molar-refractivity contribution in [3.63, 3.8) is 0 Å². The number of rotatable bonds is 5. The molecule has 0 spiro atoms. The zero-order chi connectivity index (χ0) is 16.4.